The average Bonchev–Trinajstić information content (AvgIpc) is 3.17. The van der Waals surface area contributed by atoms with Gasteiger partial charge in [0.15, 0.2) is 16.7 Å². The van der Waals surface area contributed by atoms with Crippen molar-refractivity contribution >= 4 is 40.1 Å². The van der Waals surface area contributed by atoms with E-state index in [0.29, 0.717) is 28.1 Å². The van der Waals surface area contributed by atoms with Gasteiger partial charge in [0.05, 0.1) is 10.9 Å². The van der Waals surface area contributed by atoms with Crippen molar-refractivity contribution in [2.24, 2.45) is 4.99 Å². The van der Waals surface area contributed by atoms with Crippen molar-refractivity contribution in [2.75, 3.05) is 13.8 Å². The number of ether oxygens (including phenoxy) is 2. The summed E-state index contributed by atoms with van der Waals surface area (Å²) in [6.07, 6.45) is 0.510. The van der Waals surface area contributed by atoms with Crippen LogP contribution in [-0.4, -0.2) is 35.1 Å². The van der Waals surface area contributed by atoms with Crippen LogP contribution in [0, 0.1) is 6.92 Å². The van der Waals surface area contributed by atoms with Crippen molar-refractivity contribution < 1.29 is 14.3 Å². The molecule has 26 heavy (non-hydrogen) atoms. The van der Waals surface area contributed by atoms with E-state index in [1.54, 1.807) is 18.0 Å². The number of carbonyl (C=O) groups is 1. The average molecular weight is 389 g/mol. The van der Waals surface area contributed by atoms with Crippen LogP contribution in [0.5, 0.6) is 11.5 Å². The van der Waals surface area contributed by atoms with E-state index in [0.717, 1.165) is 11.3 Å². The summed E-state index contributed by atoms with van der Waals surface area (Å²) in [5.74, 6) is 1.33. The van der Waals surface area contributed by atoms with Gasteiger partial charge < -0.3 is 9.47 Å². The third kappa shape index (κ3) is 3.27. The van der Waals surface area contributed by atoms with Crippen LogP contribution in [0.4, 0.5) is 5.69 Å². The zero-order chi connectivity index (χ0) is 18.3. The van der Waals surface area contributed by atoms with Gasteiger partial charge in [-0.05, 0) is 37.1 Å². The Hall–Kier alpha value is -2.18. The lowest BCUT2D eigenvalue weighted by Crippen LogP contribution is -2.28. The van der Waals surface area contributed by atoms with E-state index in [1.165, 1.54) is 17.3 Å². The lowest BCUT2D eigenvalue weighted by molar-refractivity contribution is -0.125. The Morgan fingerprint density at radius 2 is 1.92 bits per heavy atom. The number of halogens is 1. The van der Waals surface area contributed by atoms with Gasteiger partial charge in [-0.3, -0.25) is 9.69 Å². The van der Waals surface area contributed by atoms with E-state index in [1.807, 2.05) is 37.3 Å². The Kier molecular flexibility index (Phi) is 4.54. The predicted molar refractivity (Wildman–Crippen MR) is 104 cm³/mol. The highest BCUT2D eigenvalue weighted by molar-refractivity contribution is 8.15. The number of amides is 1. The Morgan fingerprint density at radius 3 is 2.65 bits per heavy atom. The molecule has 1 fully saturated rings. The van der Waals surface area contributed by atoms with Gasteiger partial charge in [0.2, 0.25) is 12.7 Å². The Balaban J connectivity index is 1.55. The Bertz CT molecular complexity index is 898. The van der Waals surface area contributed by atoms with Crippen molar-refractivity contribution in [3.8, 4) is 11.5 Å². The van der Waals surface area contributed by atoms with Crippen molar-refractivity contribution in [2.45, 2.75) is 18.6 Å². The van der Waals surface area contributed by atoms with Crippen molar-refractivity contribution in [1.29, 1.82) is 0 Å². The minimum atomic E-state index is -0.262. The molecule has 0 radical (unpaired) electrons. The minimum Gasteiger partial charge on any atom is -0.454 e. The number of thioether (sulfide) groups is 1. The van der Waals surface area contributed by atoms with Crippen LogP contribution in [-0.2, 0) is 11.2 Å². The molecular weight excluding hydrogens is 372 g/mol. The molecule has 0 unspecified atom stereocenters. The first-order valence-corrected chi connectivity index (χ1v) is 9.44. The van der Waals surface area contributed by atoms with Crippen molar-refractivity contribution in [3.05, 3.63) is 52.5 Å². The largest absolute Gasteiger partial charge is 0.454 e. The number of aliphatic imine (C=N–C) groups is 1. The molecule has 1 amide bonds. The molecule has 0 spiro atoms. The summed E-state index contributed by atoms with van der Waals surface area (Å²) in [5.41, 5.74) is 2.87. The third-order valence-electron chi connectivity index (χ3n) is 4.35. The van der Waals surface area contributed by atoms with Crippen LogP contribution in [0.2, 0.25) is 5.02 Å². The molecule has 0 bridgehead atoms. The normalized spacial score (nSPS) is 20.3. The maximum atomic E-state index is 12.6. The highest BCUT2D eigenvalue weighted by Crippen LogP contribution is 2.39. The van der Waals surface area contributed by atoms with E-state index in [2.05, 4.69) is 4.99 Å². The first-order chi connectivity index (χ1) is 12.5. The predicted octanol–water partition coefficient (Wildman–Crippen LogP) is 4.18. The first-order valence-electron chi connectivity index (χ1n) is 8.19. The fraction of sp³-hybridized carbons (Fsp3) is 0.263. The fourth-order valence-electron chi connectivity index (χ4n) is 2.84. The molecule has 0 saturated carbocycles. The Morgan fingerprint density at radius 1 is 1.23 bits per heavy atom. The van der Waals surface area contributed by atoms with E-state index >= 15 is 0 Å². The van der Waals surface area contributed by atoms with Crippen LogP contribution in [0.15, 0.2) is 41.4 Å². The third-order valence-corrected chi connectivity index (χ3v) is 5.93. The van der Waals surface area contributed by atoms with Crippen LogP contribution in [0.25, 0.3) is 0 Å². The Labute approximate surface area is 161 Å². The van der Waals surface area contributed by atoms with Crippen molar-refractivity contribution in [3.63, 3.8) is 0 Å². The van der Waals surface area contributed by atoms with Gasteiger partial charge in [-0.1, -0.05) is 41.1 Å². The topological polar surface area (TPSA) is 51.1 Å². The van der Waals surface area contributed by atoms with Crippen molar-refractivity contribution in [1.82, 2.24) is 4.90 Å². The van der Waals surface area contributed by atoms with Gasteiger partial charge in [0.1, 0.15) is 0 Å². The molecule has 0 aliphatic carbocycles. The molecular formula is C19H17ClN2O3S. The molecule has 5 nitrogen and oxygen atoms in total. The van der Waals surface area contributed by atoms with Gasteiger partial charge in [-0.15, -0.1) is 0 Å². The number of benzene rings is 2. The zero-order valence-corrected chi connectivity index (χ0v) is 15.9. The zero-order valence-electron chi connectivity index (χ0n) is 14.4. The molecule has 2 aliphatic rings. The minimum absolute atomic E-state index is 0.0228. The van der Waals surface area contributed by atoms with Gasteiger partial charge in [-0.25, -0.2) is 4.99 Å². The number of amidine groups is 1. The highest BCUT2D eigenvalue weighted by Gasteiger charge is 2.36. The molecule has 0 aromatic heterocycles. The molecule has 2 aromatic carbocycles. The second kappa shape index (κ2) is 6.85. The molecule has 4 rings (SSSR count). The van der Waals surface area contributed by atoms with Gasteiger partial charge in [0.25, 0.3) is 0 Å². The summed E-state index contributed by atoms with van der Waals surface area (Å²) in [6.45, 7) is 2.23. The van der Waals surface area contributed by atoms with Crippen LogP contribution >= 0.6 is 23.4 Å². The molecule has 2 aliphatic heterocycles. The maximum absolute atomic E-state index is 12.6. The van der Waals surface area contributed by atoms with E-state index < -0.39 is 0 Å². The standard InChI is InChI=1S/C19H17ClN2O3S/c1-11-3-5-13(6-4-11)21-19-22(2)18(23)17(26-19)8-12-7-15-16(9-14(12)20)25-10-24-15/h3-7,9,17H,8,10H2,1-2H3/t17-/m0/s1. The smallest absolute Gasteiger partial charge is 0.242 e. The summed E-state index contributed by atoms with van der Waals surface area (Å²) < 4.78 is 10.7. The SMILES string of the molecule is Cc1ccc(N=C2S[C@@H](Cc3cc4c(cc3Cl)OCO4)C(=O)N2C)cc1. The van der Waals surface area contributed by atoms with Crippen LogP contribution < -0.4 is 9.47 Å². The number of hydrogen-bond acceptors (Lipinski definition) is 5. The van der Waals surface area contributed by atoms with Gasteiger partial charge in [-0.2, -0.15) is 0 Å². The van der Waals surface area contributed by atoms with E-state index in [4.69, 9.17) is 21.1 Å². The lowest BCUT2D eigenvalue weighted by Gasteiger charge is -2.10. The molecule has 7 heteroatoms. The number of carbonyl (C=O) groups excluding carboxylic acids is 1. The molecule has 0 N–H and O–H groups in total. The number of hydrogen-bond donors (Lipinski definition) is 0. The van der Waals surface area contributed by atoms with Crippen LogP contribution in [0.1, 0.15) is 11.1 Å². The highest BCUT2D eigenvalue weighted by atomic mass is 35.5. The lowest BCUT2D eigenvalue weighted by atomic mass is 10.1. The molecule has 134 valence electrons. The number of aryl methyl sites for hydroxylation is 1. The molecule has 1 atom stereocenters. The fourth-order valence-corrected chi connectivity index (χ4v) is 4.26. The number of rotatable bonds is 3. The quantitative estimate of drug-likeness (QED) is 0.791. The number of fused-ring (bicyclic) bond motifs is 1. The number of nitrogens with zero attached hydrogens (tertiary/aromatic N) is 2. The van der Waals surface area contributed by atoms with Gasteiger partial charge >= 0.3 is 0 Å². The first kappa shape index (κ1) is 17.2. The second-order valence-electron chi connectivity index (χ2n) is 6.23. The molecule has 1 saturated heterocycles. The summed E-state index contributed by atoms with van der Waals surface area (Å²) in [6, 6.07) is 11.5. The molecule has 2 heterocycles. The van der Waals surface area contributed by atoms with Crippen LogP contribution in [0.3, 0.4) is 0 Å². The van der Waals surface area contributed by atoms with E-state index in [9.17, 15) is 4.79 Å². The second-order valence-corrected chi connectivity index (χ2v) is 7.81. The summed E-state index contributed by atoms with van der Waals surface area (Å²) >= 11 is 7.81. The maximum Gasteiger partial charge on any atom is 0.242 e. The van der Waals surface area contributed by atoms with Gasteiger partial charge in [0, 0.05) is 18.1 Å². The summed E-state index contributed by atoms with van der Waals surface area (Å²) in [7, 11) is 1.75. The monoisotopic (exact) mass is 388 g/mol. The van der Waals surface area contributed by atoms with E-state index in [-0.39, 0.29) is 18.0 Å². The molecule has 2 aromatic rings. The summed E-state index contributed by atoms with van der Waals surface area (Å²) in [5, 5.41) is 1.01. The summed E-state index contributed by atoms with van der Waals surface area (Å²) in [4.78, 5) is 18.9.